The maximum absolute atomic E-state index is 16.1. The fraction of sp³-hybridized carbons (Fsp3) is 0. The van der Waals surface area contributed by atoms with Crippen molar-refractivity contribution in [3.8, 4) is 56.7 Å². The zero-order chi connectivity index (χ0) is 37.9. The summed E-state index contributed by atoms with van der Waals surface area (Å²) in [6.45, 7) is 0. The fourth-order valence-corrected chi connectivity index (χ4v) is 8.25. The van der Waals surface area contributed by atoms with Gasteiger partial charge in [-0.2, -0.15) is 0 Å². The van der Waals surface area contributed by atoms with Crippen LogP contribution in [0.1, 0.15) is 0 Å². The van der Waals surface area contributed by atoms with E-state index in [2.05, 4.69) is 100 Å². The van der Waals surface area contributed by atoms with E-state index in [9.17, 15) is 0 Å². The van der Waals surface area contributed by atoms with E-state index in [4.69, 9.17) is 15.0 Å². The molecular formula is C51H32FN5. The van der Waals surface area contributed by atoms with Gasteiger partial charge in [-0.25, -0.2) is 19.3 Å². The molecule has 0 bridgehead atoms. The highest BCUT2D eigenvalue weighted by Gasteiger charge is 2.22. The molecule has 0 amide bonds. The minimum atomic E-state index is -0.310. The van der Waals surface area contributed by atoms with Crippen molar-refractivity contribution >= 4 is 43.6 Å². The average molecular weight is 734 g/mol. The Bertz CT molecular complexity index is 3240. The number of benzene rings is 8. The number of fused-ring (bicyclic) bond motifs is 6. The molecule has 11 aromatic rings. The molecule has 6 heteroatoms. The molecular weight excluding hydrogens is 702 g/mol. The van der Waals surface area contributed by atoms with Crippen LogP contribution in [0, 0.1) is 5.82 Å². The van der Waals surface area contributed by atoms with Crippen molar-refractivity contribution in [1.82, 2.24) is 24.1 Å². The van der Waals surface area contributed by atoms with Crippen LogP contribution in [-0.2, 0) is 0 Å². The van der Waals surface area contributed by atoms with Crippen LogP contribution in [0.2, 0.25) is 0 Å². The lowest BCUT2D eigenvalue weighted by molar-refractivity contribution is 0.631. The molecule has 0 aliphatic carbocycles. The summed E-state index contributed by atoms with van der Waals surface area (Å²) in [5.74, 6) is 1.33. The van der Waals surface area contributed by atoms with Gasteiger partial charge >= 0.3 is 0 Å². The topological polar surface area (TPSA) is 48.5 Å². The van der Waals surface area contributed by atoms with Gasteiger partial charge in [0.1, 0.15) is 5.82 Å². The second-order valence-electron chi connectivity index (χ2n) is 14.2. The molecule has 3 aromatic heterocycles. The lowest BCUT2D eigenvalue weighted by Crippen LogP contribution is -2.02. The van der Waals surface area contributed by atoms with E-state index in [1.807, 2.05) is 91.0 Å². The molecule has 0 atom stereocenters. The zero-order valence-electron chi connectivity index (χ0n) is 30.6. The van der Waals surface area contributed by atoms with Crippen molar-refractivity contribution in [2.75, 3.05) is 0 Å². The van der Waals surface area contributed by atoms with Gasteiger partial charge in [-0.05, 0) is 60.7 Å². The van der Waals surface area contributed by atoms with Crippen LogP contribution in [0.5, 0.6) is 0 Å². The van der Waals surface area contributed by atoms with Gasteiger partial charge in [0.05, 0.1) is 27.8 Å². The summed E-state index contributed by atoms with van der Waals surface area (Å²) in [6, 6.07) is 65.1. The second kappa shape index (κ2) is 13.3. The summed E-state index contributed by atoms with van der Waals surface area (Å²) in [5.41, 5.74) is 10.0. The average Bonchev–Trinajstić information content (AvgIpc) is 3.78. The Hall–Kier alpha value is -7.70. The van der Waals surface area contributed by atoms with E-state index in [1.54, 1.807) is 6.07 Å². The molecule has 0 aliphatic rings. The Balaban J connectivity index is 1.19. The summed E-state index contributed by atoms with van der Waals surface area (Å²) in [5, 5.41) is 4.53. The minimum Gasteiger partial charge on any atom is -0.309 e. The maximum Gasteiger partial charge on any atom is 0.164 e. The number of rotatable bonds is 6. The zero-order valence-corrected chi connectivity index (χ0v) is 30.6. The van der Waals surface area contributed by atoms with Crippen LogP contribution < -0.4 is 0 Å². The number of para-hydroxylation sites is 3. The fourth-order valence-electron chi connectivity index (χ4n) is 8.25. The summed E-state index contributed by atoms with van der Waals surface area (Å²) >= 11 is 0. The normalized spacial score (nSPS) is 11.6. The number of nitrogens with zero attached hydrogens (tertiary/aromatic N) is 5. The summed E-state index contributed by atoms with van der Waals surface area (Å²) in [4.78, 5) is 14.9. The second-order valence-corrected chi connectivity index (χ2v) is 14.2. The first kappa shape index (κ1) is 32.7. The van der Waals surface area contributed by atoms with Crippen LogP contribution in [0.4, 0.5) is 4.39 Å². The Morgan fingerprint density at radius 3 is 1.40 bits per heavy atom. The number of halogens is 1. The van der Waals surface area contributed by atoms with E-state index >= 15 is 4.39 Å². The van der Waals surface area contributed by atoms with Crippen molar-refractivity contribution in [2.45, 2.75) is 0 Å². The van der Waals surface area contributed by atoms with Gasteiger partial charge in [0, 0.05) is 55.0 Å². The monoisotopic (exact) mass is 733 g/mol. The minimum absolute atomic E-state index is 0.310. The standard InChI is InChI=1S/C51H32FN5/c52-43-25-13-10-22-37(43)40-30-35(51-54-49(33-16-4-1-5-17-33)53-50(55-51)34-18-6-2-7-19-34)28-29-46(40)57-45-27-15-12-24-39(45)42-31-47-41(32-48(42)57)38-23-11-14-26-44(38)56(47)36-20-8-3-9-21-36/h1-32H. The molecule has 0 spiro atoms. The Morgan fingerprint density at radius 1 is 0.333 bits per heavy atom. The number of hydrogen-bond donors (Lipinski definition) is 0. The third-order valence-electron chi connectivity index (χ3n) is 10.8. The molecule has 0 saturated heterocycles. The molecule has 8 aromatic carbocycles. The smallest absolute Gasteiger partial charge is 0.164 e. The third-order valence-corrected chi connectivity index (χ3v) is 10.8. The first-order chi connectivity index (χ1) is 28.2. The lowest BCUT2D eigenvalue weighted by Gasteiger charge is -2.17. The van der Waals surface area contributed by atoms with Crippen molar-refractivity contribution in [3.05, 3.63) is 200 Å². The van der Waals surface area contributed by atoms with Gasteiger partial charge < -0.3 is 9.13 Å². The Morgan fingerprint density at radius 2 is 0.807 bits per heavy atom. The van der Waals surface area contributed by atoms with E-state index in [1.165, 1.54) is 6.07 Å². The van der Waals surface area contributed by atoms with E-state index < -0.39 is 0 Å². The Labute approximate surface area is 327 Å². The first-order valence-corrected chi connectivity index (χ1v) is 19.0. The highest BCUT2D eigenvalue weighted by Crippen LogP contribution is 2.42. The summed E-state index contributed by atoms with van der Waals surface area (Å²) in [6.07, 6.45) is 0. The highest BCUT2D eigenvalue weighted by atomic mass is 19.1. The molecule has 3 heterocycles. The molecule has 0 unspecified atom stereocenters. The summed E-state index contributed by atoms with van der Waals surface area (Å²) < 4.78 is 20.7. The largest absolute Gasteiger partial charge is 0.309 e. The SMILES string of the molecule is Fc1ccccc1-c1cc(-c2nc(-c3ccccc3)nc(-c3ccccc3)n2)ccc1-n1c2ccccc2c2cc3c(cc21)c1ccccc1n3-c1ccccc1. The molecule has 0 saturated carbocycles. The molecule has 268 valence electrons. The molecule has 5 nitrogen and oxygen atoms in total. The van der Waals surface area contributed by atoms with Crippen LogP contribution in [0.3, 0.4) is 0 Å². The van der Waals surface area contributed by atoms with Gasteiger partial charge in [0.15, 0.2) is 17.5 Å². The van der Waals surface area contributed by atoms with Crippen LogP contribution in [0.25, 0.3) is 100 Å². The molecule has 11 rings (SSSR count). The van der Waals surface area contributed by atoms with Crippen molar-refractivity contribution in [3.63, 3.8) is 0 Å². The van der Waals surface area contributed by atoms with Crippen molar-refractivity contribution < 1.29 is 4.39 Å². The molecule has 0 aliphatic heterocycles. The maximum atomic E-state index is 16.1. The van der Waals surface area contributed by atoms with Gasteiger partial charge in [-0.3, -0.25) is 0 Å². The van der Waals surface area contributed by atoms with Gasteiger partial charge in [-0.15, -0.1) is 0 Å². The van der Waals surface area contributed by atoms with Gasteiger partial charge in [0.25, 0.3) is 0 Å². The lowest BCUT2D eigenvalue weighted by atomic mass is 9.99. The molecule has 0 N–H and O–H groups in total. The Kier molecular flexibility index (Phi) is 7.60. The van der Waals surface area contributed by atoms with Crippen LogP contribution >= 0.6 is 0 Å². The predicted molar refractivity (Wildman–Crippen MR) is 230 cm³/mol. The number of aromatic nitrogens is 5. The van der Waals surface area contributed by atoms with E-state index in [0.717, 1.165) is 77.2 Å². The van der Waals surface area contributed by atoms with Gasteiger partial charge in [-0.1, -0.05) is 133 Å². The number of hydrogen-bond acceptors (Lipinski definition) is 3. The van der Waals surface area contributed by atoms with Crippen molar-refractivity contribution in [2.24, 2.45) is 0 Å². The quantitative estimate of drug-likeness (QED) is 0.171. The van der Waals surface area contributed by atoms with E-state index in [-0.39, 0.29) is 5.82 Å². The van der Waals surface area contributed by atoms with Crippen LogP contribution in [-0.4, -0.2) is 24.1 Å². The molecule has 57 heavy (non-hydrogen) atoms. The molecule has 0 fully saturated rings. The summed E-state index contributed by atoms with van der Waals surface area (Å²) in [7, 11) is 0. The molecule has 0 radical (unpaired) electrons. The van der Waals surface area contributed by atoms with Gasteiger partial charge in [0.2, 0.25) is 0 Å². The first-order valence-electron chi connectivity index (χ1n) is 19.0. The van der Waals surface area contributed by atoms with E-state index in [0.29, 0.717) is 23.0 Å². The highest BCUT2D eigenvalue weighted by molar-refractivity contribution is 6.19. The van der Waals surface area contributed by atoms with Crippen LogP contribution in [0.15, 0.2) is 194 Å². The van der Waals surface area contributed by atoms with Crippen molar-refractivity contribution in [1.29, 1.82) is 0 Å². The predicted octanol–water partition coefficient (Wildman–Crippen LogP) is 12.9. The third kappa shape index (κ3) is 5.41.